The zero-order valence-corrected chi connectivity index (χ0v) is 12.2. The average Bonchev–Trinajstić information content (AvgIpc) is 2.45. The summed E-state index contributed by atoms with van der Waals surface area (Å²) >= 11 is 0. The maximum Gasteiger partial charge on any atom is 0.196 e. The molecular formula is C16H24F3N. The Morgan fingerprint density at radius 1 is 0.800 bits per heavy atom. The highest BCUT2D eigenvalue weighted by molar-refractivity contribution is 5.45. The predicted molar refractivity (Wildman–Crippen MR) is 77.4 cm³/mol. The molecule has 0 saturated carbocycles. The Hall–Kier alpha value is -1.19. The molecule has 1 aromatic rings. The van der Waals surface area contributed by atoms with Crippen LogP contribution in [0.4, 0.5) is 18.9 Å². The summed E-state index contributed by atoms with van der Waals surface area (Å²) in [5, 5.41) is 2.81. The SMILES string of the molecule is CCCCCCCCCCNc1ccc(F)c(F)c1F. The summed E-state index contributed by atoms with van der Waals surface area (Å²) in [6.07, 6.45) is 9.52. The molecule has 20 heavy (non-hydrogen) atoms. The van der Waals surface area contributed by atoms with Crippen molar-refractivity contribution >= 4 is 5.69 Å². The Labute approximate surface area is 119 Å². The highest BCUT2D eigenvalue weighted by Crippen LogP contribution is 2.19. The van der Waals surface area contributed by atoms with Crippen LogP contribution in [0.15, 0.2) is 12.1 Å². The van der Waals surface area contributed by atoms with Crippen LogP contribution < -0.4 is 5.32 Å². The third-order valence-electron chi connectivity index (χ3n) is 3.38. The molecule has 0 aliphatic carbocycles. The molecule has 0 bridgehead atoms. The van der Waals surface area contributed by atoms with Crippen LogP contribution in [0, 0.1) is 17.5 Å². The van der Waals surface area contributed by atoms with Gasteiger partial charge in [0, 0.05) is 6.54 Å². The lowest BCUT2D eigenvalue weighted by Gasteiger charge is -2.08. The molecule has 0 atom stereocenters. The zero-order chi connectivity index (χ0) is 14.8. The van der Waals surface area contributed by atoms with Gasteiger partial charge in [-0.25, -0.2) is 13.2 Å². The van der Waals surface area contributed by atoms with Gasteiger partial charge < -0.3 is 5.32 Å². The topological polar surface area (TPSA) is 12.0 Å². The van der Waals surface area contributed by atoms with Crippen LogP contribution in [0.25, 0.3) is 0 Å². The van der Waals surface area contributed by atoms with Crippen molar-refractivity contribution in [3.8, 4) is 0 Å². The Morgan fingerprint density at radius 3 is 2.05 bits per heavy atom. The molecule has 1 nitrogen and oxygen atoms in total. The minimum Gasteiger partial charge on any atom is -0.383 e. The molecule has 1 N–H and O–H groups in total. The molecule has 0 saturated heterocycles. The van der Waals surface area contributed by atoms with Gasteiger partial charge in [-0.1, -0.05) is 51.9 Å². The summed E-state index contributed by atoms with van der Waals surface area (Å²) in [6.45, 7) is 2.78. The molecule has 0 aliphatic rings. The van der Waals surface area contributed by atoms with Crippen molar-refractivity contribution in [2.45, 2.75) is 58.3 Å². The summed E-state index contributed by atoms with van der Waals surface area (Å²) < 4.78 is 39.0. The van der Waals surface area contributed by atoms with E-state index in [1.54, 1.807) is 0 Å². The number of hydrogen-bond acceptors (Lipinski definition) is 1. The van der Waals surface area contributed by atoms with E-state index >= 15 is 0 Å². The van der Waals surface area contributed by atoms with Crippen LogP contribution in [0.3, 0.4) is 0 Å². The van der Waals surface area contributed by atoms with Gasteiger partial charge in [0.05, 0.1) is 5.69 Å². The fraction of sp³-hybridized carbons (Fsp3) is 0.625. The molecule has 0 unspecified atom stereocenters. The van der Waals surface area contributed by atoms with E-state index in [1.807, 2.05) is 0 Å². The Balaban J connectivity index is 2.11. The number of anilines is 1. The minimum absolute atomic E-state index is 0.0341. The van der Waals surface area contributed by atoms with Gasteiger partial charge >= 0.3 is 0 Å². The second-order valence-electron chi connectivity index (χ2n) is 5.12. The Bertz CT molecular complexity index is 394. The first-order chi connectivity index (χ1) is 9.66. The highest BCUT2D eigenvalue weighted by atomic mass is 19.2. The maximum absolute atomic E-state index is 13.3. The summed E-state index contributed by atoms with van der Waals surface area (Å²) in [7, 11) is 0. The monoisotopic (exact) mass is 287 g/mol. The molecule has 4 heteroatoms. The molecule has 1 rings (SSSR count). The standard InChI is InChI=1S/C16H24F3N/c1-2-3-4-5-6-7-8-9-12-20-14-11-10-13(17)15(18)16(14)19/h10-11,20H,2-9,12H2,1H3. The minimum atomic E-state index is -1.41. The number of halogens is 3. The van der Waals surface area contributed by atoms with E-state index < -0.39 is 17.5 Å². The lowest BCUT2D eigenvalue weighted by Crippen LogP contribution is -2.05. The fourth-order valence-corrected chi connectivity index (χ4v) is 2.14. The third kappa shape index (κ3) is 5.85. The van der Waals surface area contributed by atoms with Crippen LogP contribution in [0.1, 0.15) is 58.3 Å². The Morgan fingerprint density at radius 2 is 1.40 bits per heavy atom. The van der Waals surface area contributed by atoms with Crippen LogP contribution in [-0.2, 0) is 0 Å². The van der Waals surface area contributed by atoms with Gasteiger partial charge in [0.15, 0.2) is 17.5 Å². The molecule has 0 amide bonds. The van der Waals surface area contributed by atoms with Crippen molar-refractivity contribution in [1.82, 2.24) is 0 Å². The maximum atomic E-state index is 13.3. The van der Waals surface area contributed by atoms with E-state index in [0.29, 0.717) is 6.54 Å². The first kappa shape index (κ1) is 16.9. The number of rotatable bonds is 10. The van der Waals surface area contributed by atoms with E-state index in [9.17, 15) is 13.2 Å². The Kier molecular flexibility index (Phi) is 8.16. The summed E-state index contributed by atoms with van der Waals surface area (Å²) in [5.74, 6) is -3.70. The molecule has 0 aromatic heterocycles. The van der Waals surface area contributed by atoms with Gasteiger partial charge in [0.25, 0.3) is 0 Å². The van der Waals surface area contributed by atoms with Gasteiger partial charge in [0.2, 0.25) is 0 Å². The van der Waals surface area contributed by atoms with Gasteiger partial charge in [-0.2, -0.15) is 0 Å². The van der Waals surface area contributed by atoms with Crippen molar-refractivity contribution < 1.29 is 13.2 Å². The first-order valence-corrected chi connectivity index (χ1v) is 7.54. The number of nitrogens with one attached hydrogen (secondary N) is 1. The van der Waals surface area contributed by atoms with E-state index in [1.165, 1.54) is 44.6 Å². The molecule has 0 heterocycles. The van der Waals surface area contributed by atoms with E-state index in [4.69, 9.17) is 0 Å². The van der Waals surface area contributed by atoms with Crippen molar-refractivity contribution in [1.29, 1.82) is 0 Å². The first-order valence-electron chi connectivity index (χ1n) is 7.54. The van der Waals surface area contributed by atoms with Crippen LogP contribution in [-0.4, -0.2) is 6.54 Å². The molecular weight excluding hydrogens is 263 g/mol. The quantitative estimate of drug-likeness (QED) is 0.432. The zero-order valence-electron chi connectivity index (χ0n) is 12.2. The summed E-state index contributed by atoms with van der Waals surface area (Å²) in [5.41, 5.74) is 0.0341. The number of unbranched alkanes of at least 4 members (excludes halogenated alkanes) is 7. The van der Waals surface area contributed by atoms with Gasteiger partial charge in [0.1, 0.15) is 0 Å². The number of hydrogen-bond donors (Lipinski definition) is 1. The normalized spacial score (nSPS) is 10.8. The summed E-state index contributed by atoms with van der Waals surface area (Å²) in [6, 6.07) is 2.17. The average molecular weight is 287 g/mol. The largest absolute Gasteiger partial charge is 0.383 e. The second kappa shape index (κ2) is 9.67. The third-order valence-corrected chi connectivity index (χ3v) is 3.38. The van der Waals surface area contributed by atoms with Crippen molar-refractivity contribution in [3.05, 3.63) is 29.6 Å². The molecule has 114 valence electrons. The van der Waals surface area contributed by atoms with Crippen molar-refractivity contribution in [2.75, 3.05) is 11.9 Å². The van der Waals surface area contributed by atoms with E-state index in [-0.39, 0.29) is 5.69 Å². The molecule has 0 aliphatic heterocycles. The fourth-order valence-electron chi connectivity index (χ4n) is 2.14. The van der Waals surface area contributed by atoms with Gasteiger partial charge in [-0.05, 0) is 18.6 Å². The van der Waals surface area contributed by atoms with Gasteiger partial charge in [-0.3, -0.25) is 0 Å². The van der Waals surface area contributed by atoms with Crippen LogP contribution >= 0.6 is 0 Å². The molecule has 0 fully saturated rings. The van der Waals surface area contributed by atoms with Crippen LogP contribution in [0.5, 0.6) is 0 Å². The van der Waals surface area contributed by atoms with E-state index in [2.05, 4.69) is 12.2 Å². The predicted octanol–water partition coefficient (Wildman–Crippen LogP) is 5.66. The lowest BCUT2D eigenvalue weighted by atomic mass is 10.1. The molecule has 1 aromatic carbocycles. The van der Waals surface area contributed by atoms with Crippen LogP contribution in [0.2, 0.25) is 0 Å². The second-order valence-corrected chi connectivity index (χ2v) is 5.12. The number of benzene rings is 1. The lowest BCUT2D eigenvalue weighted by molar-refractivity contribution is 0.449. The van der Waals surface area contributed by atoms with Crippen molar-refractivity contribution in [3.63, 3.8) is 0 Å². The molecule has 0 spiro atoms. The van der Waals surface area contributed by atoms with Gasteiger partial charge in [-0.15, -0.1) is 0 Å². The summed E-state index contributed by atoms with van der Waals surface area (Å²) in [4.78, 5) is 0. The smallest absolute Gasteiger partial charge is 0.196 e. The molecule has 0 radical (unpaired) electrons. The van der Waals surface area contributed by atoms with Crippen molar-refractivity contribution in [2.24, 2.45) is 0 Å². The van der Waals surface area contributed by atoms with E-state index in [0.717, 1.165) is 18.9 Å². The highest BCUT2D eigenvalue weighted by Gasteiger charge is 2.12.